The molecule has 1 amide bonds. The zero-order valence-corrected chi connectivity index (χ0v) is 20.8. The molecule has 1 saturated heterocycles. The molecule has 4 rings (SSSR count). The van der Waals surface area contributed by atoms with Crippen molar-refractivity contribution >= 4 is 23.1 Å². The number of carbonyl (C=O) groups excluding carboxylic acids is 2. The zero-order chi connectivity index (χ0) is 26.7. The van der Waals surface area contributed by atoms with Crippen LogP contribution in [0.3, 0.4) is 0 Å². The van der Waals surface area contributed by atoms with Gasteiger partial charge in [0.25, 0.3) is 11.7 Å². The first-order valence-corrected chi connectivity index (χ1v) is 11.4. The fourth-order valence-electron chi connectivity index (χ4n) is 4.33. The lowest BCUT2D eigenvalue weighted by atomic mass is 9.94. The van der Waals surface area contributed by atoms with Crippen LogP contribution in [0.2, 0.25) is 0 Å². The van der Waals surface area contributed by atoms with E-state index >= 15 is 0 Å². The molecule has 1 aliphatic heterocycles. The number of amides is 1. The van der Waals surface area contributed by atoms with Crippen LogP contribution in [0, 0.1) is 5.82 Å². The Labute approximate surface area is 213 Å². The molecule has 3 aromatic rings. The van der Waals surface area contributed by atoms with Gasteiger partial charge >= 0.3 is 0 Å². The maximum absolute atomic E-state index is 13.7. The highest BCUT2D eigenvalue weighted by molar-refractivity contribution is 6.51. The topological polar surface area (TPSA) is 94.5 Å². The summed E-state index contributed by atoms with van der Waals surface area (Å²) in [6, 6.07) is 13.8. The van der Waals surface area contributed by atoms with Crippen LogP contribution in [-0.4, -0.2) is 44.7 Å². The van der Waals surface area contributed by atoms with Gasteiger partial charge in [0.2, 0.25) is 5.75 Å². The maximum atomic E-state index is 13.7. The third kappa shape index (κ3) is 4.67. The van der Waals surface area contributed by atoms with E-state index in [4.69, 9.17) is 18.9 Å². The van der Waals surface area contributed by atoms with Gasteiger partial charge in [-0.3, -0.25) is 14.5 Å². The second kappa shape index (κ2) is 10.6. The van der Waals surface area contributed by atoms with Crippen LogP contribution in [0.25, 0.3) is 5.76 Å². The average Bonchev–Trinajstić information content (AvgIpc) is 3.18. The van der Waals surface area contributed by atoms with E-state index in [2.05, 4.69) is 0 Å². The van der Waals surface area contributed by atoms with Crippen LogP contribution in [0.5, 0.6) is 23.0 Å². The fraction of sp³-hybridized carbons (Fsp3) is 0.214. The molecule has 0 bridgehead atoms. The van der Waals surface area contributed by atoms with Crippen LogP contribution in [0.4, 0.5) is 10.1 Å². The first-order chi connectivity index (χ1) is 17.8. The van der Waals surface area contributed by atoms with Gasteiger partial charge in [0.1, 0.15) is 17.3 Å². The number of halogens is 1. The number of hydrogen-bond donors (Lipinski definition) is 1. The summed E-state index contributed by atoms with van der Waals surface area (Å²) in [6.07, 6.45) is 0. The Bertz CT molecular complexity index is 1340. The minimum absolute atomic E-state index is 0.155. The molecule has 1 atom stereocenters. The molecule has 1 unspecified atom stereocenters. The van der Waals surface area contributed by atoms with E-state index in [1.54, 1.807) is 36.4 Å². The summed E-state index contributed by atoms with van der Waals surface area (Å²) in [5, 5.41) is 11.4. The third-order valence-corrected chi connectivity index (χ3v) is 5.97. The second-order valence-corrected chi connectivity index (χ2v) is 8.07. The van der Waals surface area contributed by atoms with Gasteiger partial charge in [0.05, 0.1) is 39.6 Å². The van der Waals surface area contributed by atoms with E-state index < -0.39 is 23.5 Å². The Balaban J connectivity index is 1.99. The Morgan fingerprint density at radius 3 is 2.16 bits per heavy atom. The number of anilines is 1. The van der Waals surface area contributed by atoms with Crippen molar-refractivity contribution in [2.45, 2.75) is 13.0 Å². The van der Waals surface area contributed by atoms with Crippen LogP contribution in [-0.2, 0) is 9.59 Å². The molecule has 192 valence electrons. The lowest BCUT2D eigenvalue weighted by Crippen LogP contribution is -2.29. The molecule has 8 nitrogen and oxygen atoms in total. The van der Waals surface area contributed by atoms with Crippen LogP contribution < -0.4 is 23.8 Å². The second-order valence-electron chi connectivity index (χ2n) is 8.07. The molecule has 0 aliphatic carbocycles. The average molecular weight is 508 g/mol. The summed E-state index contributed by atoms with van der Waals surface area (Å²) < 4.78 is 35.6. The summed E-state index contributed by atoms with van der Waals surface area (Å²) in [4.78, 5) is 28.0. The molecule has 0 saturated carbocycles. The Kier molecular flexibility index (Phi) is 7.33. The molecule has 1 aliphatic rings. The van der Waals surface area contributed by atoms with Crippen molar-refractivity contribution in [2.24, 2.45) is 0 Å². The number of aliphatic hydroxyl groups is 1. The Morgan fingerprint density at radius 2 is 1.59 bits per heavy atom. The number of ketones is 1. The lowest BCUT2D eigenvalue weighted by Gasteiger charge is -2.26. The summed E-state index contributed by atoms with van der Waals surface area (Å²) >= 11 is 0. The van der Waals surface area contributed by atoms with Crippen molar-refractivity contribution in [2.75, 3.05) is 32.8 Å². The maximum Gasteiger partial charge on any atom is 0.300 e. The van der Waals surface area contributed by atoms with E-state index in [0.29, 0.717) is 40.7 Å². The molecule has 9 heteroatoms. The van der Waals surface area contributed by atoms with Crippen molar-refractivity contribution in [3.63, 3.8) is 0 Å². The number of nitrogens with zero attached hydrogens (tertiary/aromatic N) is 1. The fourth-order valence-corrected chi connectivity index (χ4v) is 4.33. The number of methoxy groups -OCH3 is 3. The van der Waals surface area contributed by atoms with Gasteiger partial charge in [-0.2, -0.15) is 0 Å². The van der Waals surface area contributed by atoms with Crippen LogP contribution in [0.1, 0.15) is 24.1 Å². The predicted octanol–water partition coefficient (Wildman–Crippen LogP) is 4.88. The summed E-state index contributed by atoms with van der Waals surface area (Å²) in [5.41, 5.74) is 0.808. The minimum atomic E-state index is -1.09. The molecule has 37 heavy (non-hydrogen) atoms. The van der Waals surface area contributed by atoms with Gasteiger partial charge in [0, 0.05) is 11.3 Å². The first-order valence-electron chi connectivity index (χ1n) is 11.4. The number of aliphatic hydroxyl groups excluding tert-OH is 1. The quantitative estimate of drug-likeness (QED) is 0.264. The van der Waals surface area contributed by atoms with Gasteiger partial charge in [0.15, 0.2) is 11.5 Å². The zero-order valence-electron chi connectivity index (χ0n) is 20.8. The van der Waals surface area contributed by atoms with Crippen molar-refractivity contribution in [3.05, 3.63) is 83.2 Å². The van der Waals surface area contributed by atoms with Crippen molar-refractivity contribution in [1.29, 1.82) is 0 Å². The summed E-state index contributed by atoms with van der Waals surface area (Å²) in [5.74, 6) is -1.28. The lowest BCUT2D eigenvalue weighted by molar-refractivity contribution is -0.132. The van der Waals surface area contributed by atoms with Gasteiger partial charge in [-0.05, 0) is 61.0 Å². The molecule has 3 aromatic carbocycles. The van der Waals surface area contributed by atoms with E-state index in [9.17, 15) is 19.1 Å². The highest BCUT2D eigenvalue weighted by Gasteiger charge is 2.47. The number of Topliss-reactive ketones (excluding diaryl/α,β-unsaturated/α-hetero) is 1. The van der Waals surface area contributed by atoms with E-state index in [0.717, 1.165) is 0 Å². The SMILES string of the molecule is CCOc1cccc(/C(O)=C2\C(=O)C(=O)N(c3ccc(F)cc3)C2c2cc(OC)c(OC)c(OC)c2)c1. The Morgan fingerprint density at radius 1 is 0.946 bits per heavy atom. The monoisotopic (exact) mass is 507 g/mol. The first kappa shape index (κ1) is 25.6. The standard InChI is InChI=1S/C28H26FNO7/c1-5-37-20-8-6-7-16(13-20)25(31)23-24(17-14-21(34-2)27(36-4)22(15-17)35-3)30(28(33)26(23)32)19-11-9-18(29)10-12-19/h6-15,24,31H,5H2,1-4H3/b25-23+. The molecular weight excluding hydrogens is 481 g/mol. The molecule has 1 heterocycles. The highest BCUT2D eigenvalue weighted by Crippen LogP contribution is 2.47. The van der Waals surface area contributed by atoms with Gasteiger partial charge in [-0.1, -0.05) is 12.1 Å². The smallest absolute Gasteiger partial charge is 0.300 e. The molecule has 0 spiro atoms. The molecule has 0 radical (unpaired) electrons. The van der Waals surface area contributed by atoms with Gasteiger partial charge < -0.3 is 24.1 Å². The van der Waals surface area contributed by atoms with Crippen molar-refractivity contribution in [3.8, 4) is 23.0 Å². The van der Waals surface area contributed by atoms with Gasteiger partial charge in [-0.25, -0.2) is 4.39 Å². The number of rotatable bonds is 8. The van der Waals surface area contributed by atoms with Crippen LogP contribution >= 0.6 is 0 Å². The predicted molar refractivity (Wildman–Crippen MR) is 135 cm³/mol. The molecular formula is C28H26FNO7. The summed E-state index contributed by atoms with van der Waals surface area (Å²) in [6.45, 7) is 2.23. The van der Waals surface area contributed by atoms with Gasteiger partial charge in [-0.15, -0.1) is 0 Å². The van der Waals surface area contributed by atoms with E-state index in [1.165, 1.54) is 50.5 Å². The number of hydrogen-bond acceptors (Lipinski definition) is 7. The largest absolute Gasteiger partial charge is 0.507 e. The summed E-state index contributed by atoms with van der Waals surface area (Å²) in [7, 11) is 4.34. The van der Waals surface area contributed by atoms with Crippen LogP contribution in [0.15, 0.2) is 66.2 Å². The van der Waals surface area contributed by atoms with E-state index in [-0.39, 0.29) is 17.0 Å². The van der Waals surface area contributed by atoms with E-state index in [1.807, 2.05) is 6.92 Å². The third-order valence-electron chi connectivity index (χ3n) is 5.97. The highest BCUT2D eigenvalue weighted by atomic mass is 19.1. The number of benzene rings is 3. The minimum Gasteiger partial charge on any atom is -0.507 e. The van der Waals surface area contributed by atoms with Crippen molar-refractivity contribution in [1.82, 2.24) is 0 Å². The molecule has 1 N–H and O–H groups in total. The number of ether oxygens (including phenoxy) is 4. The van der Waals surface area contributed by atoms with Crippen molar-refractivity contribution < 1.29 is 38.0 Å². The number of carbonyl (C=O) groups is 2. The molecule has 1 fully saturated rings. The Hall–Kier alpha value is -4.53. The molecule has 0 aromatic heterocycles. The normalized spacial score (nSPS) is 16.6.